The lowest BCUT2D eigenvalue weighted by Gasteiger charge is -2.32. The van der Waals surface area contributed by atoms with Gasteiger partial charge < -0.3 is 5.32 Å². The minimum absolute atomic E-state index is 0.139. The second-order valence-electron chi connectivity index (χ2n) is 7.77. The second kappa shape index (κ2) is 10.1. The molecule has 1 aliphatic carbocycles. The van der Waals surface area contributed by atoms with Crippen molar-refractivity contribution in [1.29, 1.82) is 0 Å². The molecule has 1 saturated carbocycles. The molecule has 6 heteroatoms. The molecule has 1 aromatic heterocycles. The number of thiophene rings is 1. The number of carbonyl (C=O) groups is 2. The van der Waals surface area contributed by atoms with E-state index in [0.717, 1.165) is 30.6 Å². The average molecular weight is 453 g/mol. The maximum atomic E-state index is 13.6. The van der Waals surface area contributed by atoms with Gasteiger partial charge in [0.2, 0.25) is 11.8 Å². The molecule has 1 fully saturated rings. The van der Waals surface area contributed by atoms with E-state index in [2.05, 4.69) is 5.32 Å². The zero-order valence-electron chi connectivity index (χ0n) is 17.2. The van der Waals surface area contributed by atoms with Gasteiger partial charge in [0.25, 0.3) is 0 Å². The number of halogens is 1. The van der Waals surface area contributed by atoms with Crippen molar-refractivity contribution in [1.82, 2.24) is 5.32 Å². The van der Waals surface area contributed by atoms with Gasteiger partial charge in [-0.1, -0.05) is 66.9 Å². The number of nitrogens with one attached hydrogen (secondary N) is 1. The normalized spacial score (nSPS) is 14.9. The van der Waals surface area contributed by atoms with Crippen molar-refractivity contribution in [3.8, 4) is 0 Å². The molecule has 1 N–H and O–H groups in total. The number of hydrogen-bond acceptors (Lipinski definition) is 3. The van der Waals surface area contributed by atoms with Crippen LogP contribution in [-0.2, 0) is 16.0 Å². The molecule has 0 unspecified atom stereocenters. The molecule has 1 atom stereocenters. The van der Waals surface area contributed by atoms with E-state index >= 15 is 0 Å². The van der Waals surface area contributed by atoms with Crippen molar-refractivity contribution in [2.45, 2.75) is 44.2 Å². The first-order chi connectivity index (χ1) is 15.1. The van der Waals surface area contributed by atoms with Crippen molar-refractivity contribution < 1.29 is 9.59 Å². The van der Waals surface area contributed by atoms with Gasteiger partial charge in [-0.05, 0) is 42.5 Å². The van der Waals surface area contributed by atoms with Crippen LogP contribution in [0.15, 0.2) is 72.1 Å². The molecular formula is C25H25ClN2O2S. The van der Waals surface area contributed by atoms with Gasteiger partial charge in [0.15, 0.2) is 0 Å². The fraction of sp³-hybridized carbons (Fsp3) is 0.280. The summed E-state index contributed by atoms with van der Waals surface area (Å²) in [6.45, 7) is 0. The van der Waals surface area contributed by atoms with Gasteiger partial charge >= 0.3 is 0 Å². The molecule has 2 aromatic carbocycles. The summed E-state index contributed by atoms with van der Waals surface area (Å²) < 4.78 is 0. The molecule has 0 saturated heterocycles. The summed E-state index contributed by atoms with van der Waals surface area (Å²) in [6, 6.07) is 19.8. The third kappa shape index (κ3) is 5.17. The van der Waals surface area contributed by atoms with E-state index in [1.807, 2.05) is 66.0 Å². The smallest absolute Gasteiger partial charge is 0.248 e. The number of carbonyl (C=O) groups excluding carboxylic acids is 2. The Morgan fingerprint density at radius 1 is 1.00 bits per heavy atom. The molecular weight excluding hydrogens is 428 g/mol. The van der Waals surface area contributed by atoms with Crippen LogP contribution in [0, 0.1) is 0 Å². The standard InChI is InChI=1S/C25H25ClN2O2S/c26-22-15-7-6-14-21(22)24(25(30)27-18-9-4-5-10-18)28(19-11-2-1-3-12-19)23(29)17-20-13-8-16-31-20/h1-3,6-8,11-16,18,24H,4-5,9-10,17H2,(H,27,30)/t24-/m1/s1. The van der Waals surface area contributed by atoms with Gasteiger partial charge in [0.05, 0.1) is 6.42 Å². The molecule has 2 amide bonds. The number of anilines is 1. The minimum Gasteiger partial charge on any atom is -0.351 e. The highest BCUT2D eigenvalue weighted by Crippen LogP contribution is 2.33. The third-order valence-corrected chi connectivity index (χ3v) is 6.84. The summed E-state index contributed by atoms with van der Waals surface area (Å²) in [5.41, 5.74) is 1.30. The number of hydrogen-bond donors (Lipinski definition) is 1. The fourth-order valence-electron chi connectivity index (χ4n) is 4.12. The Morgan fingerprint density at radius 2 is 1.71 bits per heavy atom. The van der Waals surface area contributed by atoms with E-state index in [9.17, 15) is 9.59 Å². The van der Waals surface area contributed by atoms with Crippen molar-refractivity contribution >= 4 is 40.4 Å². The zero-order chi connectivity index (χ0) is 21.6. The first-order valence-corrected chi connectivity index (χ1v) is 11.8. The third-order valence-electron chi connectivity index (χ3n) is 5.62. The lowest BCUT2D eigenvalue weighted by molar-refractivity contribution is -0.127. The highest BCUT2D eigenvalue weighted by Gasteiger charge is 2.35. The minimum atomic E-state index is -0.843. The van der Waals surface area contributed by atoms with Crippen LogP contribution in [0.3, 0.4) is 0 Å². The first-order valence-electron chi connectivity index (χ1n) is 10.6. The lowest BCUT2D eigenvalue weighted by Crippen LogP contribution is -2.47. The monoisotopic (exact) mass is 452 g/mol. The lowest BCUT2D eigenvalue weighted by atomic mass is 10.0. The van der Waals surface area contributed by atoms with E-state index in [1.165, 1.54) is 11.3 Å². The molecule has 160 valence electrons. The Hall–Kier alpha value is -2.63. The van der Waals surface area contributed by atoms with Gasteiger partial charge in [-0.25, -0.2) is 0 Å². The summed E-state index contributed by atoms with van der Waals surface area (Å²) in [4.78, 5) is 29.8. The number of rotatable bonds is 7. The highest BCUT2D eigenvalue weighted by molar-refractivity contribution is 7.10. The molecule has 0 radical (unpaired) electrons. The molecule has 0 aliphatic heterocycles. The topological polar surface area (TPSA) is 49.4 Å². The van der Waals surface area contributed by atoms with E-state index in [0.29, 0.717) is 16.3 Å². The van der Waals surface area contributed by atoms with Crippen molar-refractivity contribution in [2.24, 2.45) is 0 Å². The molecule has 0 spiro atoms. The van der Waals surface area contributed by atoms with Crippen LogP contribution in [0.5, 0.6) is 0 Å². The molecule has 1 aliphatic rings. The maximum Gasteiger partial charge on any atom is 0.248 e. The molecule has 1 heterocycles. The predicted molar refractivity (Wildman–Crippen MR) is 127 cm³/mol. The molecule has 4 nitrogen and oxygen atoms in total. The Kier molecular flexibility index (Phi) is 7.05. The first kappa shape index (κ1) is 21.6. The van der Waals surface area contributed by atoms with Crippen LogP contribution >= 0.6 is 22.9 Å². The molecule has 31 heavy (non-hydrogen) atoms. The van der Waals surface area contributed by atoms with E-state index in [1.54, 1.807) is 11.0 Å². The number of amides is 2. The molecule has 3 aromatic rings. The van der Waals surface area contributed by atoms with E-state index in [4.69, 9.17) is 11.6 Å². The van der Waals surface area contributed by atoms with Crippen molar-refractivity contribution in [2.75, 3.05) is 4.90 Å². The second-order valence-corrected chi connectivity index (χ2v) is 9.21. The van der Waals surface area contributed by atoms with Crippen molar-refractivity contribution in [3.63, 3.8) is 0 Å². The summed E-state index contributed by atoms with van der Waals surface area (Å²) in [7, 11) is 0. The van der Waals surface area contributed by atoms with Gasteiger partial charge in [0, 0.05) is 27.2 Å². The highest BCUT2D eigenvalue weighted by atomic mass is 35.5. The van der Waals surface area contributed by atoms with Crippen LogP contribution in [-0.4, -0.2) is 17.9 Å². The SMILES string of the molecule is O=C(NC1CCCC1)[C@@H](c1ccccc1Cl)N(C(=O)Cc1cccs1)c1ccccc1. The largest absolute Gasteiger partial charge is 0.351 e. The van der Waals surface area contributed by atoms with Crippen LogP contribution in [0.2, 0.25) is 5.02 Å². The zero-order valence-corrected chi connectivity index (χ0v) is 18.7. The number of benzene rings is 2. The number of nitrogens with zero attached hydrogens (tertiary/aromatic N) is 1. The maximum absolute atomic E-state index is 13.6. The summed E-state index contributed by atoms with van der Waals surface area (Å²) in [6.07, 6.45) is 4.39. The van der Waals surface area contributed by atoms with Crippen molar-refractivity contribution in [3.05, 3.63) is 87.6 Å². The molecule has 0 bridgehead atoms. The van der Waals surface area contributed by atoms with Gasteiger partial charge in [-0.2, -0.15) is 0 Å². The van der Waals surface area contributed by atoms with Gasteiger partial charge in [-0.3, -0.25) is 14.5 Å². The fourth-order valence-corrected chi connectivity index (χ4v) is 5.05. The molecule has 4 rings (SSSR count). The van der Waals surface area contributed by atoms with Crippen LogP contribution in [0.25, 0.3) is 0 Å². The van der Waals surface area contributed by atoms with Crippen LogP contribution in [0.4, 0.5) is 5.69 Å². The summed E-state index contributed by atoms with van der Waals surface area (Å²) in [5.74, 6) is -0.330. The Balaban J connectivity index is 1.75. The van der Waals surface area contributed by atoms with Crippen LogP contribution < -0.4 is 10.2 Å². The summed E-state index contributed by atoms with van der Waals surface area (Å²) in [5, 5.41) is 5.60. The summed E-state index contributed by atoms with van der Waals surface area (Å²) >= 11 is 8.08. The quantitative estimate of drug-likeness (QED) is 0.494. The Bertz CT molecular complexity index is 1020. The predicted octanol–water partition coefficient (Wildman–Crippen LogP) is 5.78. The van der Waals surface area contributed by atoms with E-state index < -0.39 is 6.04 Å². The van der Waals surface area contributed by atoms with Gasteiger partial charge in [0.1, 0.15) is 6.04 Å². The average Bonchev–Trinajstić information content (AvgIpc) is 3.47. The van der Waals surface area contributed by atoms with Gasteiger partial charge in [-0.15, -0.1) is 11.3 Å². The number of para-hydroxylation sites is 1. The van der Waals surface area contributed by atoms with Crippen LogP contribution in [0.1, 0.15) is 42.2 Å². The van der Waals surface area contributed by atoms with E-state index in [-0.39, 0.29) is 24.3 Å². The Labute approximate surface area is 191 Å². The Morgan fingerprint density at radius 3 is 2.39 bits per heavy atom.